The van der Waals surface area contributed by atoms with Crippen LogP contribution in [-0.2, 0) is 14.3 Å². The number of aliphatic hydroxyl groups is 1. The third kappa shape index (κ3) is 2.71. The van der Waals surface area contributed by atoms with E-state index in [9.17, 15) is 14.7 Å². The molecule has 0 radical (unpaired) electrons. The van der Waals surface area contributed by atoms with Crippen molar-refractivity contribution >= 4 is 28.4 Å². The van der Waals surface area contributed by atoms with Gasteiger partial charge in [-0.15, -0.1) is 0 Å². The molecule has 0 fully saturated rings. The molecule has 0 saturated heterocycles. The molecule has 5 heteroatoms. The van der Waals surface area contributed by atoms with Crippen molar-refractivity contribution in [3.63, 3.8) is 0 Å². The van der Waals surface area contributed by atoms with Crippen LogP contribution in [0.3, 0.4) is 0 Å². The van der Waals surface area contributed by atoms with Gasteiger partial charge in [0.1, 0.15) is 5.76 Å². The Balaban J connectivity index is 2.36. The highest BCUT2D eigenvalue weighted by Gasteiger charge is 2.15. The number of ketones is 1. The molecule has 0 bridgehead atoms. The van der Waals surface area contributed by atoms with E-state index in [1.54, 1.807) is 13.1 Å². The number of aromatic amines is 1. The molecule has 0 aliphatic carbocycles. The predicted octanol–water partition coefficient (Wildman–Crippen LogP) is 2.51. The summed E-state index contributed by atoms with van der Waals surface area (Å²) in [5, 5.41) is 10.8. The first-order valence-electron chi connectivity index (χ1n) is 6.22. The summed E-state index contributed by atoms with van der Waals surface area (Å²) in [5.74, 6) is -2.12. The standard InChI is InChI=1S/C15H15NO4/c1-3-20-15(19)14(18)7-13(17)11-8-16-12-5-4-9(2)6-10(11)12/h4-8,16-17H,3H2,1-2H3/b13-7-. The fourth-order valence-electron chi connectivity index (χ4n) is 1.91. The van der Waals surface area contributed by atoms with Crippen LogP contribution in [0.1, 0.15) is 18.1 Å². The van der Waals surface area contributed by atoms with Crippen LogP contribution in [0.25, 0.3) is 16.7 Å². The lowest BCUT2D eigenvalue weighted by molar-refractivity contribution is -0.151. The zero-order valence-corrected chi connectivity index (χ0v) is 11.3. The molecule has 0 aliphatic heterocycles. The van der Waals surface area contributed by atoms with Crippen LogP contribution in [-0.4, -0.2) is 28.4 Å². The van der Waals surface area contributed by atoms with Crippen molar-refractivity contribution in [1.29, 1.82) is 0 Å². The van der Waals surface area contributed by atoms with E-state index in [4.69, 9.17) is 0 Å². The Morgan fingerprint density at radius 2 is 2.15 bits per heavy atom. The molecule has 0 spiro atoms. The third-order valence-corrected chi connectivity index (χ3v) is 2.86. The summed E-state index contributed by atoms with van der Waals surface area (Å²) in [4.78, 5) is 25.7. The molecule has 1 aromatic heterocycles. The number of nitrogens with one attached hydrogen (secondary N) is 1. The number of aryl methyl sites for hydroxylation is 1. The first kappa shape index (κ1) is 13.9. The fourth-order valence-corrected chi connectivity index (χ4v) is 1.91. The first-order valence-corrected chi connectivity index (χ1v) is 6.22. The smallest absolute Gasteiger partial charge is 0.379 e. The third-order valence-electron chi connectivity index (χ3n) is 2.86. The molecule has 2 rings (SSSR count). The van der Waals surface area contributed by atoms with Crippen LogP contribution in [0, 0.1) is 6.92 Å². The second kappa shape index (κ2) is 5.61. The Bertz CT molecular complexity index is 697. The van der Waals surface area contributed by atoms with Gasteiger partial charge in [0.2, 0.25) is 0 Å². The number of aliphatic hydroxyl groups excluding tert-OH is 1. The number of aromatic nitrogens is 1. The summed E-state index contributed by atoms with van der Waals surface area (Å²) in [6, 6.07) is 5.71. The number of hydrogen-bond acceptors (Lipinski definition) is 4. The topological polar surface area (TPSA) is 79.4 Å². The van der Waals surface area contributed by atoms with Crippen molar-refractivity contribution in [2.24, 2.45) is 0 Å². The normalized spacial score (nSPS) is 11.6. The Morgan fingerprint density at radius 1 is 1.40 bits per heavy atom. The van der Waals surface area contributed by atoms with Gasteiger partial charge >= 0.3 is 5.97 Å². The zero-order chi connectivity index (χ0) is 14.7. The van der Waals surface area contributed by atoms with E-state index in [-0.39, 0.29) is 12.4 Å². The highest BCUT2D eigenvalue weighted by atomic mass is 16.5. The summed E-state index contributed by atoms with van der Waals surface area (Å²) in [7, 11) is 0. The number of benzene rings is 1. The number of H-pyrrole nitrogens is 1. The van der Waals surface area contributed by atoms with Crippen LogP contribution >= 0.6 is 0 Å². The van der Waals surface area contributed by atoms with Gasteiger partial charge in [-0.3, -0.25) is 4.79 Å². The van der Waals surface area contributed by atoms with Gasteiger partial charge < -0.3 is 14.8 Å². The summed E-state index contributed by atoms with van der Waals surface area (Å²) in [6.45, 7) is 3.66. The lowest BCUT2D eigenvalue weighted by Gasteiger charge is -2.00. The summed E-state index contributed by atoms with van der Waals surface area (Å²) in [5.41, 5.74) is 2.35. The molecule has 1 heterocycles. The number of rotatable bonds is 4. The van der Waals surface area contributed by atoms with Gasteiger partial charge in [-0.05, 0) is 26.0 Å². The van der Waals surface area contributed by atoms with Crippen LogP contribution in [0.15, 0.2) is 30.5 Å². The van der Waals surface area contributed by atoms with E-state index in [1.807, 2.05) is 25.1 Å². The van der Waals surface area contributed by atoms with Gasteiger partial charge in [0.25, 0.3) is 5.78 Å². The molecule has 0 aliphatic rings. The number of ether oxygens (including phenoxy) is 1. The molecular weight excluding hydrogens is 258 g/mol. The summed E-state index contributed by atoms with van der Waals surface area (Å²) in [6.07, 6.45) is 2.47. The van der Waals surface area contributed by atoms with E-state index >= 15 is 0 Å². The minimum Gasteiger partial charge on any atom is -0.507 e. The molecular formula is C15H15NO4. The number of carbonyl (C=O) groups excluding carboxylic acids is 2. The Kier molecular flexibility index (Phi) is 3.89. The van der Waals surface area contributed by atoms with Gasteiger partial charge in [0, 0.05) is 28.7 Å². The number of hydrogen-bond donors (Lipinski definition) is 2. The van der Waals surface area contributed by atoms with Gasteiger partial charge in [-0.2, -0.15) is 0 Å². The van der Waals surface area contributed by atoms with Gasteiger partial charge in [-0.1, -0.05) is 11.6 Å². The van der Waals surface area contributed by atoms with E-state index < -0.39 is 11.8 Å². The van der Waals surface area contributed by atoms with E-state index in [0.29, 0.717) is 5.56 Å². The second-order valence-corrected chi connectivity index (χ2v) is 4.37. The van der Waals surface area contributed by atoms with E-state index in [1.165, 1.54) is 0 Å². The lowest BCUT2D eigenvalue weighted by Crippen LogP contribution is -2.15. The Morgan fingerprint density at radius 3 is 2.85 bits per heavy atom. The molecule has 2 N–H and O–H groups in total. The largest absolute Gasteiger partial charge is 0.507 e. The molecule has 20 heavy (non-hydrogen) atoms. The minimum atomic E-state index is -0.977. The number of carbonyl (C=O) groups is 2. The zero-order valence-electron chi connectivity index (χ0n) is 11.3. The molecule has 0 atom stereocenters. The Labute approximate surface area is 115 Å². The van der Waals surface area contributed by atoms with Crippen molar-refractivity contribution in [1.82, 2.24) is 4.98 Å². The highest BCUT2D eigenvalue weighted by Crippen LogP contribution is 2.24. The molecule has 104 valence electrons. The average Bonchev–Trinajstić information content (AvgIpc) is 2.81. The molecule has 1 aromatic carbocycles. The predicted molar refractivity (Wildman–Crippen MR) is 75.3 cm³/mol. The van der Waals surface area contributed by atoms with Crippen molar-refractivity contribution in [2.45, 2.75) is 13.8 Å². The van der Waals surface area contributed by atoms with Crippen LogP contribution in [0.5, 0.6) is 0 Å². The number of fused-ring (bicyclic) bond motifs is 1. The molecule has 2 aromatic rings. The highest BCUT2D eigenvalue weighted by molar-refractivity contribution is 6.39. The number of esters is 1. The van der Waals surface area contributed by atoms with Gasteiger partial charge in [0.05, 0.1) is 6.61 Å². The molecule has 0 amide bonds. The van der Waals surface area contributed by atoms with Gasteiger partial charge in [-0.25, -0.2) is 4.79 Å². The maximum absolute atomic E-state index is 11.5. The van der Waals surface area contributed by atoms with Crippen LogP contribution < -0.4 is 0 Å². The second-order valence-electron chi connectivity index (χ2n) is 4.37. The SMILES string of the molecule is CCOC(=O)C(=O)/C=C(\O)c1c[nH]c2ccc(C)cc12. The lowest BCUT2D eigenvalue weighted by atomic mass is 10.1. The minimum absolute atomic E-state index is 0.117. The van der Waals surface area contributed by atoms with Crippen molar-refractivity contribution in [2.75, 3.05) is 6.61 Å². The first-order chi connectivity index (χ1) is 9.52. The van der Waals surface area contributed by atoms with Crippen LogP contribution in [0.2, 0.25) is 0 Å². The van der Waals surface area contributed by atoms with E-state index in [2.05, 4.69) is 9.72 Å². The average molecular weight is 273 g/mol. The molecule has 0 unspecified atom stereocenters. The van der Waals surface area contributed by atoms with E-state index in [0.717, 1.165) is 22.5 Å². The maximum atomic E-state index is 11.5. The van der Waals surface area contributed by atoms with Crippen molar-refractivity contribution in [3.8, 4) is 0 Å². The summed E-state index contributed by atoms with van der Waals surface area (Å²) < 4.78 is 4.58. The fraction of sp³-hybridized carbons (Fsp3) is 0.200. The van der Waals surface area contributed by atoms with Crippen molar-refractivity contribution < 1.29 is 19.4 Å². The summed E-state index contributed by atoms with van der Waals surface area (Å²) >= 11 is 0. The quantitative estimate of drug-likeness (QED) is 0.388. The van der Waals surface area contributed by atoms with Crippen LogP contribution in [0.4, 0.5) is 0 Å². The van der Waals surface area contributed by atoms with Crippen molar-refractivity contribution in [3.05, 3.63) is 41.6 Å². The molecule has 0 saturated carbocycles. The monoisotopic (exact) mass is 273 g/mol. The maximum Gasteiger partial charge on any atom is 0.379 e. The van der Waals surface area contributed by atoms with Gasteiger partial charge in [0.15, 0.2) is 0 Å². The molecule has 5 nitrogen and oxygen atoms in total. The Hall–Kier alpha value is -2.56.